The molecule has 39 heavy (non-hydrogen) atoms. The summed E-state index contributed by atoms with van der Waals surface area (Å²) in [6, 6.07) is 11.7. The molecule has 0 saturated heterocycles. The molecule has 4 aromatic rings. The van der Waals surface area contributed by atoms with E-state index in [1.807, 2.05) is 26.0 Å². The Bertz CT molecular complexity index is 1550. The fraction of sp³-hybridized carbons (Fsp3) is 0.346. The third-order valence-electron chi connectivity index (χ3n) is 5.91. The second-order valence-corrected chi connectivity index (χ2v) is 12.4. The van der Waals surface area contributed by atoms with Crippen LogP contribution in [0.15, 0.2) is 57.2 Å². The van der Waals surface area contributed by atoms with Gasteiger partial charge >= 0.3 is 0 Å². The summed E-state index contributed by atoms with van der Waals surface area (Å²) in [6.07, 6.45) is 0.203. The molecule has 208 valence electrons. The Morgan fingerprint density at radius 2 is 1.97 bits per heavy atom. The summed E-state index contributed by atoms with van der Waals surface area (Å²) < 4.78 is 34.2. The molecular weight excluding hydrogens is 540 g/mol. The highest BCUT2D eigenvalue weighted by atomic mass is 32.2. The lowest BCUT2D eigenvalue weighted by molar-refractivity contribution is -0.120. The third-order valence-corrected chi connectivity index (χ3v) is 8.42. The number of nitrogens with one attached hydrogen (secondary N) is 1. The average molecular weight is 573 g/mol. The van der Waals surface area contributed by atoms with E-state index in [0.29, 0.717) is 40.5 Å². The summed E-state index contributed by atoms with van der Waals surface area (Å²) in [7, 11) is -3.93. The largest absolute Gasteiger partial charge is 0.424 e. The van der Waals surface area contributed by atoms with E-state index in [1.165, 1.54) is 27.8 Å². The number of carbonyl (C=O) groups is 1. The minimum Gasteiger partial charge on any atom is -0.424 e. The van der Waals surface area contributed by atoms with Gasteiger partial charge in [0.1, 0.15) is 5.52 Å². The molecule has 0 aliphatic heterocycles. The van der Waals surface area contributed by atoms with Crippen molar-refractivity contribution in [1.29, 1.82) is 0 Å². The first-order valence-electron chi connectivity index (χ1n) is 12.4. The van der Waals surface area contributed by atoms with E-state index in [-0.39, 0.29) is 42.2 Å². The molecule has 1 atom stereocenters. The Hall–Kier alpha value is -3.68. The SMILES string of the molecule is CC(C)CN(c1cccc(CCC(O)CNC(=O)Cc2csc(N)n2)c1)S(=O)(=O)c1ccc2nc(N)oc2c1. The first kappa shape index (κ1) is 28.3. The van der Waals surface area contributed by atoms with Gasteiger partial charge < -0.3 is 26.3 Å². The first-order valence-corrected chi connectivity index (χ1v) is 14.8. The molecule has 0 spiro atoms. The van der Waals surface area contributed by atoms with E-state index >= 15 is 0 Å². The maximum Gasteiger partial charge on any atom is 0.292 e. The summed E-state index contributed by atoms with van der Waals surface area (Å²) in [5.74, 6) is -0.193. The molecule has 1 amide bonds. The maximum absolute atomic E-state index is 13.7. The predicted molar refractivity (Wildman–Crippen MR) is 152 cm³/mol. The molecule has 0 fully saturated rings. The molecule has 0 bridgehead atoms. The Labute approximate surface area is 230 Å². The number of aromatic nitrogens is 2. The summed E-state index contributed by atoms with van der Waals surface area (Å²) in [4.78, 5) is 20.3. The number of aliphatic hydroxyl groups is 1. The molecule has 0 aliphatic carbocycles. The van der Waals surface area contributed by atoms with Crippen LogP contribution in [0.2, 0.25) is 0 Å². The van der Waals surface area contributed by atoms with E-state index in [9.17, 15) is 18.3 Å². The number of hydrogen-bond acceptors (Lipinski definition) is 10. The van der Waals surface area contributed by atoms with E-state index in [4.69, 9.17) is 15.9 Å². The van der Waals surface area contributed by atoms with Crippen molar-refractivity contribution in [2.75, 3.05) is 28.9 Å². The zero-order valence-corrected chi connectivity index (χ0v) is 23.3. The lowest BCUT2D eigenvalue weighted by Crippen LogP contribution is -2.34. The number of fused-ring (bicyclic) bond motifs is 1. The van der Waals surface area contributed by atoms with Crippen LogP contribution in [0, 0.1) is 5.92 Å². The number of aliphatic hydroxyl groups excluding tert-OH is 1. The van der Waals surface area contributed by atoms with Gasteiger partial charge in [0.2, 0.25) is 5.91 Å². The number of thiazole rings is 1. The molecular formula is C26H32N6O5S2. The highest BCUT2D eigenvalue weighted by molar-refractivity contribution is 7.92. The van der Waals surface area contributed by atoms with Gasteiger partial charge in [0, 0.05) is 24.5 Å². The molecule has 1 unspecified atom stereocenters. The van der Waals surface area contributed by atoms with Gasteiger partial charge in [-0.3, -0.25) is 9.10 Å². The van der Waals surface area contributed by atoms with Crippen molar-refractivity contribution in [2.45, 2.75) is 44.1 Å². The van der Waals surface area contributed by atoms with Gasteiger partial charge in [-0.05, 0) is 48.6 Å². The summed E-state index contributed by atoms with van der Waals surface area (Å²) in [5.41, 5.74) is 13.9. The zero-order valence-electron chi connectivity index (χ0n) is 21.7. The number of carbonyl (C=O) groups excluding carboxylic acids is 1. The van der Waals surface area contributed by atoms with Crippen LogP contribution in [-0.2, 0) is 27.7 Å². The summed E-state index contributed by atoms with van der Waals surface area (Å²) in [6.45, 7) is 4.25. The highest BCUT2D eigenvalue weighted by Gasteiger charge is 2.27. The minimum atomic E-state index is -3.93. The van der Waals surface area contributed by atoms with Crippen molar-refractivity contribution in [3.05, 3.63) is 59.1 Å². The van der Waals surface area contributed by atoms with Gasteiger partial charge in [0.25, 0.3) is 16.0 Å². The van der Waals surface area contributed by atoms with Crippen molar-refractivity contribution < 1.29 is 22.7 Å². The lowest BCUT2D eigenvalue weighted by atomic mass is 10.1. The topological polar surface area (TPSA) is 178 Å². The Morgan fingerprint density at radius 1 is 1.18 bits per heavy atom. The molecule has 13 heteroatoms. The van der Waals surface area contributed by atoms with Crippen molar-refractivity contribution in [3.63, 3.8) is 0 Å². The normalized spacial score (nSPS) is 12.6. The van der Waals surface area contributed by atoms with Crippen LogP contribution in [0.5, 0.6) is 0 Å². The molecule has 11 nitrogen and oxygen atoms in total. The molecule has 0 aliphatic rings. The Kier molecular flexibility index (Phi) is 8.73. The number of benzene rings is 2. The van der Waals surface area contributed by atoms with Crippen LogP contribution in [0.1, 0.15) is 31.5 Å². The van der Waals surface area contributed by atoms with Gasteiger partial charge in [-0.15, -0.1) is 11.3 Å². The van der Waals surface area contributed by atoms with Gasteiger partial charge in [-0.2, -0.15) is 4.98 Å². The smallest absolute Gasteiger partial charge is 0.292 e. The minimum absolute atomic E-state index is 0.0299. The number of aryl methyl sites for hydroxylation is 1. The third kappa shape index (κ3) is 7.25. The fourth-order valence-corrected chi connectivity index (χ4v) is 6.25. The van der Waals surface area contributed by atoms with Crippen LogP contribution in [0.3, 0.4) is 0 Å². The van der Waals surface area contributed by atoms with Gasteiger partial charge in [-0.25, -0.2) is 13.4 Å². The molecule has 2 aromatic heterocycles. The molecule has 2 heterocycles. The van der Waals surface area contributed by atoms with Crippen LogP contribution in [0.4, 0.5) is 16.8 Å². The standard InChI is InChI=1S/C26H32N6O5S2/c1-16(2)14-32(39(35,36)21-8-9-22-23(12-21)37-25(27)31-22)19-5-3-4-17(10-19)6-7-20(33)13-29-24(34)11-18-15-38-26(28)30-18/h3-5,8-10,12,15-16,20,33H,6-7,11,13-14H2,1-2H3,(H2,27,31)(H2,28,30)(H,29,34). The van der Waals surface area contributed by atoms with Crippen LogP contribution in [-0.4, -0.2) is 48.6 Å². The van der Waals surface area contributed by atoms with Crippen molar-refractivity contribution in [3.8, 4) is 0 Å². The van der Waals surface area contributed by atoms with E-state index in [2.05, 4.69) is 15.3 Å². The Balaban J connectivity index is 1.43. The number of sulfonamides is 1. The van der Waals surface area contributed by atoms with Crippen molar-refractivity contribution in [2.24, 2.45) is 5.92 Å². The van der Waals surface area contributed by atoms with Crippen LogP contribution >= 0.6 is 11.3 Å². The summed E-state index contributed by atoms with van der Waals surface area (Å²) >= 11 is 1.27. The van der Waals surface area contributed by atoms with E-state index < -0.39 is 16.1 Å². The van der Waals surface area contributed by atoms with Crippen molar-refractivity contribution in [1.82, 2.24) is 15.3 Å². The first-order chi connectivity index (χ1) is 18.5. The number of rotatable bonds is 12. The van der Waals surface area contributed by atoms with Crippen molar-refractivity contribution >= 4 is 55.2 Å². The molecule has 0 saturated carbocycles. The fourth-order valence-electron chi connectivity index (χ4n) is 4.05. The summed E-state index contributed by atoms with van der Waals surface area (Å²) in [5, 5.41) is 15.3. The number of hydrogen-bond donors (Lipinski definition) is 4. The zero-order chi connectivity index (χ0) is 28.2. The Morgan fingerprint density at radius 3 is 2.69 bits per heavy atom. The second kappa shape index (κ2) is 12.0. The van der Waals surface area contributed by atoms with Gasteiger partial charge in [0.15, 0.2) is 10.7 Å². The van der Waals surface area contributed by atoms with Gasteiger partial charge in [0.05, 0.1) is 28.8 Å². The van der Waals surface area contributed by atoms with E-state index in [1.54, 1.807) is 23.6 Å². The number of nitrogen functional groups attached to an aromatic ring is 2. The molecule has 4 rings (SSSR count). The number of nitrogens with two attached hydrogens (primary N) is 2. The van der Waals surface area contributed by atoms with Gasteiger partial charge in [-0.1, -0.05) is 26.0 Å². The number of nitrogens with zero attached hydrogens (tertiary/aromatic N) is 3. The lowest BCUT2D eigenvalue weighted by Gasteiger charge is -2.26. The average Bonchev–Trinajstić information content (AvgIpc) is 3.47. The highest BCUT2D eigenvalue weighted by Crippen LogP contribution is 2.29. The van der Waals surface area contributed by atoms with E-state index in [0.717, 1.165) is 5.56 Å². The van der Waals surface area contributed by atoms with Crippen LogP contribution < -0.4 is 21.1 Å². The quantitative estimate of drug-likeness (QED) is 0.199. The second-order valence-electron chi connectivity index (χ2n) is 9.63. The number of oxazole rings is 1. The molecule has 2 aromatic carbocycles. The maximum atomic E-state index is 13.7. The number of anilines is 3. The molecule has 0 radical (unpaired) electrons. The predicted octanol–water partition coefficient (Wildman–Crippen LogP) is 2.95. The monoisotopic (exact) mass is 572 g/mol. The number of amides is 1. The van der Waals surface area contributed by atoms with Crippen LogP contribution in [0.25, 0.3) is 11.1 Å². The molecule has 6 N–H and O–H groups in total.